The summed E-state index contributed by atoms with van der Waals surface area (Å²) in [6.45, 7) is 2.74. The Balaban J connectivity index is 0.00000171. The van der Waals surface area contributed by atoms with Crippen LogP contribution >= 0.6 is 24.8 Å². The van der Waals surface area contributed by atoms with Crippen molar-refractivity contribution < 1.29 is 9.63 Å². The minimum absolute atomic E-state index is 0. The molecule has 2 aliphatic rings. The van der Waals surface area contributed by atoms with Gasteiger partial charge in [-0.3, -0.25) is 0 Å². The van der Waals surface area contributed by atoms with Crippen LogP contribution in [0.2, 0.25) is 0 Å². The molecule has 0 aliphatic carbocycles. The maximum absolute atomic E-state index is 13.3. The van der Waals surface area contributed by atoms with Crippen LogP contribution in [0.5, 0.6) is 0 Å². The number of piperidine rings is 2. The molecule has 2 heterocycles. The molecule has 0 bridgehead atoms. The lowest BCUT2D eigenvalue weighted by molar-refractivity contribution is -0.204. The summed E-state index contributed by atoms with van der Waals surface area (Å²) in [5, 5.41) is 15.0. The monoisotopic (exact) mass is 461 g/mol. The van der Waals surface area contributed by atoms with Gasteiger partial charge in [0.2, 0.25) is 0 Å². The molecule has 0 radical (unpaired) electrons. The SMILES string of the molecule is Cl.Cl.N#CC1(c2ccccc2)CCN(OC(=O)C2(c3ccccc3)CCNCC2)CC1. The summed E-state index contributed by atoms with van der Waals surface area (Å²) in [4.78, 5) is 19.3. The first-order valence-corrected chi connectivity index (χ1v) is 10.4. The van der Waals surface area contributed by atoms with Gasteiger partial charge < -0.3 is 10.2 Å². The molecule has 0 atom stereocenters. The van der Waals surface area contributed by atoms with Crippen molar-refractivity contribution in [1.29, 1.82) is 5.26 Å². The minimum atomic E-state index is -0.601. The van der Waals surface area contributed by atoms with Crippen LogP contribution in [-0.4, -0.2) is 37.2 Å². The van der Waals surface area contributed by atoms with Crippen LogP contribution < -0.4 is 5.32 Å². The average molecular weight is 462 g/mol. The first kappa shape index (κ1) is 25.2. The molecule has 0 aromatic heterocycles. The van der Waals surface area contributed by atoms with Gasteiger partial charge in [0, 0.05) is 13.1 Å². The Morgan fingerprint density at radius 2 is 1.39 bits per heavy atom. The second-order valence-corrected chi connectivity index (χ2v) is 8.07. The Bertz CT molecular complexity index is 873. The van der Waals surface area contributed by atoms with E-state index in [-0.39, 0.29) is 30.8 Å². The van der Waals surface area contributed by atoms with E-state index in [9.17, 15) is 10.1 Å². The van der Waals surface area contributed by atoms with Crippen molar-refractivity contribution in [3.8, 4) is 6.07 Å². The van der Waals surface area contributed by atoms with Crippen LogP contribution in [0.4, 0.5) is 0 Å². The Labute approximate surface area is 196 Å². The smallest absolute Gasteiger partial charge is 0.335 e. The molecule has 2 aliphatic heterocycles. The molecule has 5 nitrogen and oxygen atoms in total. The molecular weight excluding hydrogens is 433 g/mol. The van der Waals surface area contributed by atoms with Gasteiger partial charge in [0.25, 0.3) is 0 Å². The molecule has 4 rings (SSSR count). The van der Waals surface area contributed by atoms with E-state index in [4.69, 9.17) is 4.84 Å². The Hall–Kier alpha value is -2.10. The molecule has 31 heavy (non-hydrogen) atoms. The topological polar surface area (TPSA) is 65.4 Å². The molecule has 0 spiro atoms. The Morgan fingerprint density at radius 1 is 0.871 bits per heavy atom. The summed E-state index contributed by atoms with van der Waals surface area (Å²) in [6.07, 6.45) is 2.77. The fourth-order valence-corrected chi connectivity index (χ4v) is 4.61. The number of hydrogen-bond acceptors (Lipinski definition) is 5. The molecule has 1 N–H and O–H groups in total. The summed E-state index contributed by atoms with van der Waals surface area (Å²) in [7, 11) is 0. The third-order valence-electron chi connectivity index (χ3n) is 6.50. The van der Waals surface area contributed by atoms with E-state index < -0.39 is 10.8 Å². The number of carbonyl (C=O) groups excluding carboxylic acids is 1. The molecule has 0 unspecified atom stereocenters. The molecule has 2 fully saturated rings. The number of hydroxylamine groups is 2. The lowest BCUT2D eigenvalue weighted by Gasteiger charge is -2.40. The van der Waals surface area contributed by atoms with Crippen molar-refractivity contribution >= 4 is 30.8 Å². The molecule has 0 saturated carbocycles. The van der Waals surface area contributed by atoms with Crippen LogP contribution in [0.3, 0.4) is 0 Å². The lowest BCUT2D eigenvalue weighted by Crippen LogP contribution is -2.50. The molecule has 7 heteroatoms. The normalized spacial score (nSPS) is 19.7. The summed E-state index contributed by atoms with van der Waals surface area (Å²) in [6, 6.07) is 22.5. The van der Waals surface area contributed by atoms with E-state index in [0.29, 0.717) is 25.9 Å². The maximum Gasteiger partial charge on any atom is 0.335 e. The Morgan fingerprint density at radius 3 is 1.90 bits per heavy atom. The predicted molar refractivity (Wildman–Crippen MR) is 125 cm³/mol. The van der Waals surface area contributed by atoms with E-state index in [1.54, 1.807) is 5.06 Å². The second-order valence-electron chi connectivity index (χ2n) is 8.07. The average Bonchev–Trinajstić information content (AvgIpc) is 2.81. The number of benzene rings is 2. The van der Waals surface area contributed by atoms with Crippen molar-refractivity contribution in [2.75, 3.05) is 26.2 Å². The number of rotatable bonds is 4. The number of nitriles is 1. The van der Waals surface area contributed by atoms with E-state index in [1.165, 1.54) is 0 Å². The van der Waals surface area contributed by atoms with Crippen molar-refractivity contribution in [3.05, 3.63) is 71.8 Å². The highest BCUT2D eigenvalue weighted by Gasteiger charge is 2.45. The Kier molecular flexibility index (Phi) is 8.90. The fourth-order valence-electron chi connectivity index (χ4n) is 4.61. The largest absolute Gasteiger partial charge is 0.367 e. The zero-order valence-electron chi connectivity index (χ0n) is 17.5. The predicted octanol–water partition coefficient (Wildman–Crippen LogP) is 4.17. The molecule has 166 valence electrons. The highest BCUT2D eigenvalue weighted by Crippen LogP contribution is 2.38. The van der Waals surface area contributed by atoms with Crippen LogP contribution in [-0.2, 0) is 20.5 Å². The standard InChI is InChI=1S/C24H27N3O2.2ClH/c25-19-23(20-7-3-1-4-8-20)13-17-27(18-14-23)29-22(28)24(11-15-26-16-12-24)21-9-5-2-6-10-21;;/h1-10,26H,11-18H2;2*1H. The number of halogens is 2. The highest BCUT2D eigenvalue weighted by molar-refractivity contribution is 5.85. The first-order chi connectivity index (χ1) is 14.2. The van der Waals surface area contributed by atoms with E-state index in [2.05, 4.69) is 11.4 Å². The molecular formula is C24H29Cl2N3O2. The van der Waals surface area contributed by atoms with Gasteiger partial charge in [-0.05, 0) is 49.9 Å². The number of nitrogens with zero attached hydrogens (tertiary/aromatic N) is 2. The third-order valence-corrected chi connectivity index (χ3v) is 6.50. The minimum Gasteiger partial charge on any atom is -0.367 e. The van der Waals surface area contributed by atoms with Gasteiger partial charge in [-0.25, -0.2) is 4.79 Å². The zero-order valence-corrected chi connectivity index (χ0v) is 19.1. The van der Waals surface area contributed by atoms with Crippen LogP contribution in [0.15, 0.2) is 60.7 Å². The van der Waals surface area contributed by atoms with Gasteiger partial charge in [0.15, 0.2) is 0 Å². The van der Waals surface area contributed by atoms with Crippen molar-refractivity contribution in [3.63, 3.8) is 0 Å². The molecule has 2 aromatic carbocycles. The second kappa shape index (κ2) is 11.0. The van der Waals surface area contributed by atoms with Crippen LogP contribution in [0, 0.1) is 11.3 Å². The van der Waals surface area contributed by atoms with Crippen LogP contribution in [0.1, 0.15) is 36.8 Å². The van der Waals surface area contributed by atoms with Gasteiger partial charge in [-0.15, -0.1) is 29.9 Å². The zero-order chi connectivity index (χ0) is 20.2. The quantitative estimate of drug-likeness (QED) is 0.739. The summed E-state index contributed by atoms with van der Waals surface area (Å²) < 4.78 is 0. The van der Waals surface area contributed by atoms with E-state index in [0.717, 1.165) is 37.1 Å². The van der Waals surface area contributed by atoms with E-state index in [1.807, 2.05) is 60.7 Å². The lowest BCUT2D eigenvalue weighted by atomic mass is 9.73. The van der Waals surface area contributed by atoms with Gasteiger partial charge in [-0.2, -0.15) is 5.26 Å². The van der Waals surface area contributed by atoms with Gasteiger partial charge >= 0.3 is 5.97 Å². The van der Waals surface area contributed by atoms with Gasteiger partial charge in [-0.1, -0.05) is 60.7 Å². The van der Waals surface area contributed by atoms with Gasteiger partial charge in [0.05, 0.1) is 16.9 Å². The number of carbonyl (C=O) groups is 1. The fraction of sp³-hybridized carbons (Fsp3) is 0.417. The summed E-state index contributed by atoms with van der Waals surface area (Å²) in [5.74, 6) is -0.172. The number of nitrogens with one attached hydrogen (secondary N) is 1. The summed E-state index contributed by atoms with van der Waals surface area (Å²) >= 11 is 0. The van der Waals surface area contributed by atoms with E-state index >= 15 is 0 Å². The first-order valence-electron chi connectivity index (χ1n) is 10.4. The van der Waals surface area contributed by atoms with Gasteiger partial charge in [0.1, 0.15) is 0 Å². The summed E-state index contributed by atoms with van der Waals surface area (Å²) in [5.41, 5.74) is 0.970. The number of hydrogen-bond donors (Lipinski definition) is 1. The van der Waals surface area contributed by atoms with Crippen molar-refractivity contribution in [2.24, 2.45) is 0 Å². The van der Waals surface area contributed by atoms with Crippen LogP contribution in [0.25, 0.3) is 0 Å². The molecule has 0 amide bonds. The van der Waals surface area contributed by atoms with Crippen molar-refractivity contribution in [1.82, 2.24) is 10.4 Å². The molecule has 2 saturated heterocycles. The maximum atomic E-state index is 13.3. The highest BCUT2D eigenvalue weighted by atomic mass is 35.5. The third kappa shape index (κ3) is 5.05. The molecule has 2 aromatic rings. The van der Waals surface area contributed by atoms with Crippen molar-refractivity contribution in [2.45, 2.75) is 36.5 Å².